The van der Waals surface area contributed by atoms with Gasteiger partial charge in [0.25, 0.3) is 0 Å². The van der Waals surface area contributed by atoms with Gasteiger partial charge in [-0.05, 0) is 68.8 Å². The molecule has 1 N–H and O–H groups in total. The predicted octanol–water partition coefficient (Wildman–Crippen LogP) is 7.91. The Morgan fingerprint density at radius 3 is 2.45 bits per heavy atom. The molecular formula is C32H53NO5SSi. The molecule has 0 aliphatic carbocycles. The van der Waals surface area contributed by atoms with Gasteiger partial charge in [0.15, 0.2) is 8.32 Å². The van der Waals surface area contributed by atoms with Crippen LogP contribution in [0.1, 0.15) is 98.2 Å². The average molecular weight is 592 g/mol. The molecule has 0 saturated carbocycles. The van der Waals surface area contributed by atoms with Crippen molar-refractivity contribution in [3.05, 3.63) is 33.8 Å². The molecule has 0 fully saturated rings. The molecule has 8 heteroatoms. The highest BCUT2D eigenvalue weighted by molar-refractivity contribution is 7.09. The first kappa shape index (κ1) is 34.6. The number of aliphatic hydroxyl groups excluding tert-OH is 1. The quantitative estimate of drug-likeness (QED) is 0.218. The highest BCUT2D eigenvalue weighted by atomic mass is 32.1. The van der Waals surface area contributed by atoms with E-state index < -0.39 is 38.0 Å². The van der Waals surface area contributed by atoms with Crippen LogP contribution in [0.2, 0.25) is 18.1 Å². The van der Waals surface area contributed by atoms with E-state index in [-0.39, 0.29) is 29.1 Å². The topological polar surface area (TPSA) is 85.7 Å². The molecule has 0 spiro atoms. The second kappa shape index (κ2) is 14.0. The van der Waals surface area contributed by atoms with Gasteiger partial charge in [0.2, 0.25) is 0 Å². The SMILES string of the molecule is C/C(=C\c1csc(C)n1)[C@@H]1C/C=C\CCC[C@H](C)[C@H](O)[C@@H](C)C(=O)C(C)(C)[C@@H](O[Si](C)(C)C(C)(C)C)CC(=O)O1. The Balaban J connectivity index is 2.49. The van der Waals surface area contributed by atoms with E-state index in [1.165, 1.54) is 0 Å². The van der Waals surface area contributed by atoms with Crippen LogP contribution in [0.25, 0.3) is 6.08 Å². The van der Waals surface area contributed by atoms with E-state index in [4.69, 9.17) is 9.16 Å². The molecular weight excluding hydrogens is 539 g/mol. The van der Waals surface area contributed by atoms with Gasteiger partial charge in [-0.25, -0.2) is 4.98 Å². The zero-order chi connectivity index (χ0) is 30.5. The number of nitrogens with zero attached hydrogens (tertiary/aromatic N) is 1. The van der Waals surface area contributed by atoms with E-state index in [2.05, 4.69) is 51.0 Å². The maximum Gasteiger partial charge on any atom is 0.309 e. The van der Waals surface area contributed by atoms with Gasteiger partial charge in [-0.3, -0.25) is 9.59 Å². The number of aromatic nitrogens is 1. The molecule has 0 amide bonds. The third-order valence-electron chi connectivity index (χ3n) is 8.88. The summed E-state index contributed by atoms with van der Waals surface area (Å²) in [6.45, 7) is 22.2. The fourth-order valence-corrected chi connectivity index (χ4v) is 6.91. The zero-order valence-electron chi connectivity index (χ0n) is 26.7. The van der Waals surface area contributed by atoms with Crippen LogP contribution in [-0.4, -0.2) is 48.5 Å². The highest BCUT2D eigenvalue weighted by Crippen LogP contribution is 2.42. The first-order valence-electron chi connectivity index (χ1n) is 14.7. The molecule has 0 unspecified atom stereocenters. The third-order valence-corrected chi connectivity index (χ3v) is 14.2. The molecule has 1 aliphatic rings. The molecule has 0 radical (unpaired) electrons. The molecule has 0 saturated heterocycles. The van der Waals surface area contributed by atoms with Crippen LogP contribution in [0, 0.1) is 24.2 Å². The smallest absolute Gasteiger partial charge is 0.309 e. The Kier molecular flexibility index (Phi) is 12.1. The second-order valence-electron chi connectivity index (χ2n) is 13.7. The average Bonchev–Trinajstić information content (AvgIpc) is 3.25. The van der Waals surface area contributed by atoms with Gasteiger partial charge < -0.3 is 14.3 Å². The zero-order valence-corrected chi connectivity index (χ0v) is 28.5. The second-order valence-corrected chi connectivity index (χ2v) is 19.5. The van der Waals surface area contributed by atoms with Crippen LogP contribution in [0.15, 0.2) is 23.1 Å². The Morgan fingerprint density at radius 2 is 1.88 bits per heavy atom. The van der Waals surface area contributed by atoms with Gasteiger partial charge >= 0.3 is 5.97 Å². The lowest BCUT2D eigenvalue weighted by atomic mass is 9.73. The van der Waals surface area contributed by atoms with E-state index in [1.54, 1.807) is 18.3 Å². The van der Waals surface area contributed by atoms with E-state index in [1.807, 2.05) is 46.1 Å². The van der Waals surface area contributed by atoms with Crippen LogP contribution in [0.4, 0.5) is 0 Å². The summed E-state index contributed by atoms with van der Waals surface area (Å²) >= 11 is 1.59. The summed E-state index contributed by atoms with van der Waals surface area (Å²) < 4.78 is 12.9. The number of hydrogen-bond acceptors (Lipinski definition) is 7. The van der Waals surface area contributed by atoms with E-state index in [9.17, 15) is 14.7 Å². The van der Waals surface area contributed by atoms with Gasteiger partial charge in [0.05, 0.1) is 29.3 Å². The van der Waals surface area contributed by atoms with Gasteiger partial charge in [-0.2, -0.15) is 0 Å². The van der Waals surface area contributed by atoms with Crippen molar-refractivity contribution in [3.8, 4) is 0 Å². The van der Waals surface area contributed by atoms with Gasteiger partial charge in [0.1, 0.15) is 11.9 Å². The molecule has 0 aromatic carbocycles. The standard InChI is InChI=1S/C32H53NO5SSi/c1-21-16-14-12-13-15-17-26(22(2)18-25-20-39-24(4)33-25)37-28(34)19-27(38-40(10,11)31(5,6)7)32(8,9)30(36)23(3)29(21)35/h13,15,18,20-21,23,26-27,29,35H,12,14,16-17,19H2,1-11H3/b15-13-,22-18+/t21-,23+,26-,27-,29-/m0/s1. The Labute approximate surface area is 247 Å². The van der Waals surface area contributed by atoms with Crippen molar-refractivity contribution in [1.29, 1.82) is 0 Å². The first-order valence-corrected chi connectivity index (χ1v) is 18.5. The third kappa shape index (κ3) is 9.20. The predicted molar refractivity (Wildman–Crippen MR) is 168 cm³/mol. The summed E-state index contributed by atoms with van der Waals surface area (Å²) in [6, 6.07) is 0. The highest BCUT2D eigenvalue weighted by Gasteiger charge is 2.48. The number of esters is 1. The van der Waals surface area contributed by atoms with Crippen molar-refractivity contribution < 1.29 is 23.9 Å². The van der Waals surface area contributed by atoms with Gasteiger partial charge in [0, 0.05) is 23.1 Å². The van der Waals surface area contributed by atoms with Crippen molar-refractivity contribution in [2.75, 3.05) is 0 Å². The molecule has 226 valence electrons. The molecule has 2 rings (SSSR count). The minimum atomic E-state index is -2.36. The van der Waals surface area contributed by atoms with Gasteiger partial charge in [-0.1, -0.05) is 60.6 Å². The number of aliphatic hydroxyl groups is 1. The lowest BCUT2D eigenvalue weighted by Crippen LogP contribution is -2.52. The van der Waals surface area contributed by atoms with Crippen molar-refractivity contribution in [2.45, 2.75) is 131 Å². The molecule has 1 aromatic rings. The molecule has 1 aliphatic heterocycles. The van der Waals surface area contributed by atoms with E-state index in [0.717, 1.165) is 35.5 Å². The maximum absolute atomic E-state index is 13.9. The van der Waals surface area contributed by atoms with Gasteiger partial charge in [-0.15, -0.1) is 11.3 Å². The minimum Gasteiger partial charge on any atom is -0.457 e. The Morgan fingerprint density at radius 1 is 1.23 bits per heavy atom. The summed E-state index contributed by atoms with van der Waals surface area (Å²) in [4.78, 5) is 32.1. The van der Waals surface area contributed by atoms with Crippen LogP contribution in [0.5, 0.6) is 0 Å². The number of rotatable bonds is 4. The lowest BCUT2D eigenvalue weighted by molar-refractivity contribution is -0.153. The van der Waals surface area contributed by atoms with Crippen LogP contribution in [-0.2, 0) is 18.8 Å². The maximum atomic E-state index is 13.9. The number of aryl methyl sites for hydroxylation is 1. The first-order chi connectivity index (χ1) is 18.4. The normalized spacial score (nSPS) is 29.2. The van der Waals surface area contributed by atoms with E-state index in [0.29, 0.717) is 6.42 Å². The number of thiazole rings is 1. The van der Waals surface area contributed by atoms with Crippen LogP contribution >= 0.6 is 11.3 Å². The number of allylic oxidation sites excluding steroid dienone is 1. The molecule has 1 aromatic heterocycles. The number of ether oxygens (including phenoxy) is 1. The van der Waals surface area contributed by atoms with Crippen molar-refractivity contribution in [1.82, 2.24) is 4.98 Å². The number of carbonyl (C=O) groups excluding carboxylic acids is 2. The summed E-state index contributed by atoms with van der Waals surface area (Å²) in [6.07, 6.45) is 7.43. The number of ketones is 1. The lowest BCUT2D eigenvalue weighted by Gasteiger charge is -2.44. The summed E-state index contributed by atoms with van der Waals surface area (Å²) in [7, 11) is -2.36. The Bertz CT molecular complexity index is 1070. The van der Waals surface area contributed by atoms with Crippen molar-refractivity contribution in [2.24, 2.45) is 17.3 Å². The van der Waals surface area contributed by atoms with E-state index >= 15 is 0 Å². The van der Waals surface area contributed by atoms with Crippen LogP contribution < -0.4 is 0 Å². The van der Waals surface area contributed by atoms with Crippen molar-refractivity contribution >= 4 is 37.5 Å². The number of carbonyl (C=O) groups is 2. The monoisotopic (exact) mass is 591 g/mol. The number of cyclic esters (lactones) is 1. The summed E-state index contributed by atoms with van der Waals surface area (Å²) in [5.41, 5.74) is 0.788. The fraction of sp³-hybridized carbons (Fsp3) is 0.719. The molecule has 0 bridgehead atoms. The molecule has 40 heavy (non-hydrogen) atoms. The number of Topliss-reactive ketones (excluding diaryl/α,β-unsaturated/α-hetero) is 1. The fourth-order valence-electron chi connectivity index (χ4n) is 4.89. The number of hydrogen-bond donors (Lipinski definition) is 1. The molecule has 2 heterocycles. The van der Waals surface area contributed by atoms with Crippen LogP contribution in [0.3, 0.4) is 0 Å². The summed E-state index contributed by atoms with van der Waals surface area (Å²) in [5, 5.41) is 14.0. The largest absolute Gasteiger partial charge is 0.457 e. The molecule has 5 atom stereocenters. The summed E-state index contributed by atoms with van der Waals surface area (Å²) in [5.74, 6) is -1.06. The minimum absolute atomic E-state index is 0.0136. The Hall–Kier alpha value is -1.61. The van der Waals surface area contributed by atoms with Crippen molar-refractivity contribution in [3.63, 3.8) is 0 Å². The molecule has 6 nitrogen and oxygen atoms in total.